The monoisotopic (exact) mass is 290 g/mol. The van der Waals surface area contributed by atoms with Crippen molar-refractivity contribution in [3.05, 3.63) is 35.9 Å². The van der Waals surface area contributed by atoms with Crippen LogP contribution in [-0.2, 0) is 13.2 Å². The first-order chi connectivity index (χ1) is 10.2. The van der Waals surface area contributed by atoms with E-state index in [9.17, 15) is 0 Å². The zero-order chi connectivity index (χ0) is 15.2. The smallest absolute Gasteiger partial charge is 0.166 e. The van der Waals surface area contributed by atoms with E-state index in [1.165, 1.54) is 6.33 Å². The molecule has 2 N–H and O–H groups in total. The Morgan fingerprint density at radius 3 is 2.76 bits per heavy atom. The number of benzene rings is 1. The zero-order valence-corrected chi connectivity index (χ0v) is 12.7. The van der Waals surface area contributed by atoms with E-state index >= 15 is 0 Å². The normalized spacial score (nSPS) is 10.9. The number of aromatic nitrogens is 3. The SMILES string of the molecule is CCOc1cccc(CN)c1OCc1ncnn1C(C)C. The van der Waals surface area contributed by atoms with Crippen LogP contribution in [0.15, 0.2) is 24.5 Å². The van der Waals surface area contributed by atoms with E-state index in [-0.39, 0.29) is 6.04 Å². The molecule has 114 valence electrons. The highest BCUT2D eigenvalue weighted by Gasteiger charge is 2.13. The molecule has 0 bridgehead atoms. The number of ether oxygens (including phenoxy) is 2. The summed E-state index contributed by atoms with van der Waals surface area (Å²) in [7, 11) is 0. The maximum Gasteiger partial charge on any atom is 0.166 e. The van der Waals surface area contributed by atoms with Gasteiger partial charge in [-0.15, -0.1) is 0 Å². The summed E-state index contributed by atoms with van der Waals surface area (Å²) in [5.41, 5.74) is 6.69. The molecule has 0 aliphatic rings. The first kappa shape index (κ1) is 15.3. The molecule has 2 aromatic rings. The first-order valence-corrected chi connectivity index (χ1v) is 7.13. The molecule has 0 spiro atoms. The lowest BCUT2D eigenvalue weighted by atomic mass is 10.2. The van der Waals surface area contributed by atoms with Crippen molar-refractivity contribution in [3.63, 3.8) is 0 Å². The van der Waals surface area contributed by atoms with E-state index in [4.69, 9.17) is 15.2 Å². The number of hydrogen-bond donors (Lipinski definition) is 1. The van der Waals surface area contributed by atoms with Gasteiger partial charge < -0.3 is 15.2 Å². The van der Waals surface area contributed by atoms with Crippen LogP contribution in [0.4, 0.5) is 0 Å². The molecule has 2 rings (SSSR count). The van der Waals surface area contributed by atoms with Crippen molar-refractivity contribution in [1.29, 1.82) is 0 Å². The quantitative estimate of drug-likeness (QED) is 0.846. The standard InChI is InChI=1S/C15H22N4O2/c1-4-20-13-7-5-6-12(8-16)15(13)21-9-14-17-10-18-19(14)11(2)3/h5-7,10-11H,4,8-9,16H2,1-3H3. The lowest BCUT2D eigenvalue weighted by Crippen LogP contribution is -2.12. The minimum atomic E-state index is 0.238. The van der Waals surface area contributed by atoms with Gasteiger partial charge >= 0.3 is 0 Å². The number of para-hydroxylation sites is 1. The van der Waals surface area contributed by atoms with Crippen LogP contribution in [-0.4, -0.2) is 21.4 Å². The van der Waals surface area contributed by atoms with Gasteiger partial charge in [-0.05, 0) is 26.8 Å². The Bertz CT molecular complexity index is 581. The summed E-state index contributed by atoms with van der Waals surface area (Å²) >= 11 is 0. The van der Waals surface area contributed by atoms with Crippen molar-refractivity contribution in [2.75, 3.05) is 6.61 Å². The second-order valence-electron chi connectivity index (χ2n) is 4.88. The van der Waals surface area contributed by atoms with Gasteiger partial charge in [-0.3, -0.25) is 0 Å². The fourth-order valence-electron chi connectivity index (χ4n) is 2.10. The van der Waals surface area contributed by atoms with Gasteiger partial charge in [-0.25, -0.2) is 9.67 Å². The Balaban J connectivity index is 2.20. The fourth-order valence-corrected chi connectivity index (χ4v) is 2.10. The van der Waals surface area contributed by atoms with E-state index in [1.54, 1.807) is 0 Å². The predicted octanol–water partition coefficient (Wildman–Crippen LogP) is 2.30. The molecule has 0 atom stereocenters. The average Bonchev–Trinajstić information content (AvgIpc) is 2.94. The molecule has 0 amide bonds. The maximum absolute atomic E-state index is 5.92. The molecule has 0 aliphatic carbocycles. The van der Waals surface area contributed by atoms with Gasteiger partial charge in [0.2, 0.25) is 0 Å². The van der Waals surface area contributed by atoms with Crippen LogP contribution in [0.25, 0.3) is 0 Å². The summed E-state index contributed by atoms with van der Waals surface area (Å²) in [4.78, 5) is 4.24. The van der Waals surface area contributed by atoms with Gasteiger partial charge in [0.15, 0.2) is 17.3 Å². The second-order valence-corrected chi connectivity index (χ2v) is 4.88. The molecular weight excluding hydrogens is 268 g/mol. The van der Waals surface area contributed by atoms with Crippen LogP contribution < -0.4 is 15.2 Å². The van der Waals surface area contributed by atoms with Gasteiger partial charge in [-0.1, -0.05) is 12.1 Å². The molecule has 6 nitrogen and oxygen atoms in total. The highest BCUT2D eigenvalue weighted by atomic mass is 16.5. The first-order valence-electron chi connectivity index (χ1n) is 7.13. The second kappa shape index (κ2) is 7.08. The third-order valence-corrected chi connectivity index (χ3v) is 3.06. The molecule has 0 unspecified atom stereocenters. The fraction of sp³-hybridized carbons (Fsp3) is 0.467. The maximum atomic E-state index is 5.92. The number of rotatable bonds is 7. The van der Waals surface area contributed by atoms with Crippen molar-refractivity contribution < 1.29 is 9.47 Å². The third kappa shape index (κ3) is 3.52. The van der Waals surface area contributed by atoms with E-state index in [1.807, 2.05) is 29.8 Å². The van der Waals surface area contributed by atoms with Gasteiger partial charge in [0.25, 0.3) is 0 Å². The summed E-state index contributed by atoms with van der Waals surface area (Å²) < 4.78 is 13.4. The van der Waals surface area contributed by atoms with Crippen LogP contribution in [0, 0.1) is 0 Å². The van der Waals surface area contributed by atoms with Crippen LogP contribution in [0.5, 0.6) is 11.5 Å². The molecule has 0 aliphatic heterocycles. The summed E-state index contributed by atoms with van der Waals surface area (Å²) in [6, 6.07) is 5.97. The minimum Gasteiger partial charge on any atom is -0.490 e. The summed E-state index contributed by atoms with van der Waals surface area (Å²) in [5, 5.41) is 4.20. The van der Waals surface area contributed by atoms with Crippen LogP contribution in [0.2, 0.25) is 0 Å². The average molecular weight is 290 g/mol. The van der Waals surface area contributed by atoms with Crippen molar-refractivity contribution in [2.24, 2.45) is 5.73 Å². The molecule has 0 fully saturated rings. The van der Waals surface area contributed by atoms with Crippen molar-refractivity contribution in [1.82, 2.24) is 14.8 Å². The summed E-state index contributed by atoms with van der Waals surface area (Å²) in [6.45, 7) is 7.35. The third-order valence-electron chi connectivity index (χ3n) is 3.06. The Morgan fingerprint density at radius 2 is 2.10 bits per heavy atom. The van der Waals surface area contributed by atoms with Crippen molar-refractivity contribution in [2.45, 2.75) is 40.0 Å². The molecule has 1 aromatic heterocycles. The highest BCUT2D eigenvalue weighted by molar-refractivity contribution is 5.46. The van der Waals surface area contributed by atoms with Gasteiger partial charge in [0.1, 0.15) is 12.9 Å². The van der Waals surface area contributed by atoms with E-state index < -0.39 is 0 Å². The molecule has 0 saturated heterocycles. The molecule has 1 heterocycles. The number of nitrogens with zero attached hydrogens (tertiary/aromatic N) is 3. The number of hydrogen-bond acceptors (Lipinski definition) is 5. The minimum absolute atomic E-state index is 0.238. The highest BCUT2D eigenvalue weighted by Crippen LogP contribution is 2.31. The predicted molar refractivity (Wildman–Crippen MR) is 80.2 cm³/mol. The Kier molecular flexibility index (Phi) is 5.16. The molecular formula is C15H22N4O2. The van der Waals surface area contributed by atoms with Gasteiger partial charge in [0.05, 0.1) is 6.61 Å². The summed E-state index contributed by atoms with van der Waals surface area (Å²) in [6.07, 6.45) is 1.54. The lowest BCUT2D eigenvalue weighted by Gasteiger charge is -2.16. The topological polar surface area (TPSA) is 75.2 Å². The number of nitrogens with two attached hydrogens (primary N) is 1. The van der Waals surface area contributed by atoms with Gasteiger partial charge in [-0.2, -0.15) is 5.10 Å². The van der Waals surface area contributed by atoms with Crippen LogP contribution in [0.1, 0.15) is 38.2 Å². The lowest BCUT2D eigenvalue weighted by molar-refractivity contribution is 0.253. The molecule has 0 saturated carbocycles. The van der Waals surface area contributed by atoms with Crippen LogP contribution in [0.3, 0.4) is 0 Å². The van der Waals surface area contributed by atoms with Crippen molar-refractivity contribution in [3.8, 4) is 11.5 Å². The summed E-state index contributed by atoms with van der Waals surface area (Å²) in [5.74, 6) is 2.16. The molecule has 0 radical (unpaired) electrons. The largest absolute Gasteiger partial charge is 0.490 e. The Morgan fingerprint density at radius 1 is 1.29 bits per heavy atom. The van der Waals surface area contributed by atoms with Gasteiger partial charge in [0, 0.05) is 18.2 Å². The molecule has 1 aromatic carbocycles. The van der Waals surface area contributed by atoms with E-state index in [2.05, 4.69) is 23.9 Å². The zero-order valence-electron chi connectivity index (χ0n) is 12.7. The van der Waals surface area contributed by atoms with Crippen molar-refractivity contribution >= 4 is 0 Å². The van der Waals surface area contributed by atoms with E-state index in [0.717, 1.165) is 11.4 Å². The van der Waals surface area contributed by atoms with Crippen LogP contribution >= 0.6 is 0 Å². The Labute approximate surface area is 124 Å². The Hall–Kier alpha value is -2.08. The van der Waals surface area contributed by atoms with E-state index in [0.29, 0.717) is 31.3 Å². The molecule has 21 heavy (non-hydrogen) atoms. The molecule has 6 heteroatoms.